The lowest BCUT2D eigenvalue weighted by Gasteiger charge is -2.33. The third-order valence-corrected chi connectivity index (χ3v) is 5.17. The first-order chi connectivity index (χ1) is 12.6. The van der Waals surface area contributed by atoms with Gasteiger partial charge in [0.1, 0.15) is 18.1 Å². The average Bonchev–Trinajstić information content (AvgIpc) is 3.31. The van der Waals surface area contributed by atoms with Crippen LogP contribution in [0.3, 0.4) is 0 Å². The first-order valence-electron chi connectivity index (χ1n) is 8.83. The Morgan fingerprint density at radius 1 is 0.885 bits per heavy atom. The van der Waals surface area contributed by atoms with E-state index >= 15 is 0 Å². The molecule has 1 aliphatic carbocycles. The molecule has 1 N–H and O–H groups in total. The lowest BCUT2D eigenvalue weighted by molar-refractivity contribution is -0.115. The van der Waals surface area contributed by atoms with Crippen molar-refractivity contribution in [2.75, 3.05) is 14.1 Å². The van der Waals surface area contributed by atoms with E-state index in [1.165, 1.54) is 0 Å². The van der Waals surface area contributed by atoms with E-state index < -0.39 is 11.4 Å². The van der Waals surface area contributed by atoms with E-state index in [9.17, 15) is 5.11 Å². The molecule has 0 aromatic heterocycles. The van der Waals surface area contributed by atoms with Crippen LogP contribution in [0.5, 0.6) is 0 Å². The van der Waals surface area contributed by atoms with Gasteiger partial charge in [0.05, 0.1) is 0 Å². The highest BCUT2D eigenvalue weighted by Gasteiger charge is 2.46. The Morgan fingerprint density at radius 2 is 1.50 bits per heavy atom. The standard InChI is InChI=1S/C22H23NO3/c1-23(2)18-12-13-21(24,16-18)19-10-6-7-11-20(19)22(25-14-15-26-22)17-8-4-3-5-9-17/h3-11,14-16,24H,12-13H2,1-2H3. The third-order valence-electron chi connectivity index (χ3n) is 5.17. The summed E-state index contributed by atoms with van der Waals surface area (Å²) >= 11 is 0. The van der Waals surface area contributed by atoms with E-state index in [4.69, 9.17) is 9.47 Å². The molecule has 0 bridgehead atoms. The number of aliphatic hydroxyl groups is 1. The molecular weight excluding hydrogens is 326 g/mol. The molecule has 0 saturated carbocycles. The highest BCUT2D eigenvalue weighted by atomic mass is 16.7. The van der Waals surface area contributed by atoms with E-state index in [0.29, 0.717) is 6.42 Å². The molecule has 4 rings (SSSR count). The van der Waals surface area contributed by atoms with Crippen LogP contribution in [0.25, 0.3) is 0 Å². The molecule has 2 aromatic rings. The smallest absolute Gasteiger partial charge is 0.304 e. The van der Waals surface area contributed by atoms with Crippen molar-refractivity contribution >= 4 is 0 Å². The minimum absolute atomic E-state index is 0.635. The molecule has 1 atom stereocenters. The van der Waals surface area contributed by atoms with Crippen LogP contribution in [0.2, 0.25) is 0 Å². The Bertz CT molecular complexity index is 849. The van der Waals surface area contributed by atoms with Crippen LogP contribution in [0.4, 0.5) is 0 Å². The molecule has 2 aliphatic rings. The summed E-state index contributed by atoms with van der Waals surface area (Å²) in [5.74, 6) is -1.08. The first-order valence-corrected chi connectivity index (χ1v) is 8.83. The predicted octanol–water partition coefficient (Wildman–Crippen LogP) is 3.83. The first kappa shape index (κ1) is 16.7. The zero-order valence-corrected chi connectivity index (χ0v) is 15.1. The van der Waals surface area contributed by atoms with Crippen molar-refractivity contribution in [1.29, 1.82) is 0 Å². The summed E-state index contributed by atoms with van der Waals surface area (Å²) in [4.78, 5) is 2.05. The van der Waals surface area contributed by atoms with Crippen LogP contribution < -0.4 is 0 Å². The number of ether oxygens (including phenoxy) is 2. The normalized spacial score (nSPS) is 23.3. The zero-order chi connectivity index (χ0) is 18.2. The number of allylic oxidation sites excluding steroid dienone is 1. The number of rotatable bonds is 4. The van der Waals surface area contributed by atoms with Gasteiger partial charge >= 0.3 is 5.79 Å². The van der Waals surface area contributed by atoms with Crippen molar-refractivity contribution in [1.82, 2.24) is 4.90 Å². The van der Waals surface area contributed by atoms with Crippen LogP contribution in [0, 0.1) is 0 Å². The van der Waals surface area contributed by atoms with Crippen LogP contribution >= 0.6 is 0 Å². The molecule has 0 amide bonds. The summed E-state index contributed by atoms with van der Waals surface area (Å²) in [6.07, 6.45) is 6.53. The maximum Gasteiger partial charge on any atom is 0.304 e. The molecule has 0 radical (unpaired) electrons. The minimum atomic E-state index is -1.08. The van der Waals surface area contributed by atoms with Crippen LogP contribution in [0.15, 0.2) is 78.9 Å². The van der Waals surface area contributed by atoms with E-state index in [-0.39, 0.29) is 0 Å². The third kappa shape index (κ3) is 2.58. The van der Waals surface area contributed by atoms with Gasteiger partial charge in [-0.3, -0.25) is 0 Å². The monoisotopic (exact) mass is 349 g/mol. The van der Waals surface area contributed by atoms with E-state index in [1.807, 2.05) is 74.8 Å². The maximum atomic E-state index is 11.4. The molecule has 0 spiro atoms. The summed E-state index contributed by atoms with van der Waals surface area (Å²) in [6.45, 7) is 0. The van der Waals surface area contributed by atoms with Gasteiger partial charge in [0.2, 0.25) is 0 Å². The lowest BCUT2D eigenvalue weighted by atomic mass is 9.84. The number of hydrogen-bond donors (Lipinski definition) is 1. The van der Waals surface area contributed by atoms with Crippen LogP contribution in [0.1, 0.15) is 29.5 Å². The fourth-order valence-electron chi connectivity index (χ4n) is 3.80. The molecule has 1 aliphatic heterocycles. The lowest BCUT2D eigenvalue weighted by Crippen LogP contribution is -2.33. The Hall–Kier alpha value is -2.72. The molecular formula is C22H23NO3. The van der Waals surface area contributed by atoms with Crippen molar-refractivity contribution in [3.63, 3.8) is 0 Å². The van der Waals surface area contributed by atoms with Crippen LogP contribution in [-0.2, 0) is 20.9 Å². The SMILES string of the molecule is CN(C)C1=CC(O)(c2ccccc2C2(c3ccccc3)OC=CO2)CC1. The molecule has 2 aromatic carbocycles. The second-order valence-electron chi connectivity index (χ2n) is 6.99. The van der Waals surface area contributed by atoms with E-state index in [0.717, 1.165) is 28.8 Å². The topological polar surface area (TPSA) is 41.9 Å². The Labute approximate surface area is 154 Å². The van der Waals surface area contributed by atoms with Gasteiger partial charge in [0.25, 0.3) is 0 Å². The van der Waals surface area contributed by atoms with Gasteiger partial charge < -0.3 is 19.5 Å². The quantitative estimate of drug-likeness (QED) is 0.911. The Balaban J connectivity index is 1.86. The molecule has 0 saturated heterocycles. The summed E-state index contributed by atoms with van der Waals surface area (Å²) in [6, 6.07) is 17.6. The van der Waals surface area contributed by atoms with Crippen molar-refractivity contribution in [2.24, 2.45) is 0 Å². The fourth-order valence-corrected chi connectivity index (χ4v) is 3.80. The highest BCUT2D eigenvalue weighted by Crippen LogP contribution is 2.46. The average molecular weight is 349 g/mol. The van der Waals surface area contributed by atoms with Crippen molar-refractivity contribution in [3.8, 4) is 0 Å². The molecule has 1 heterocycles. The molecule has 4 heteroatoms. The van der Waals surface area contributed by atoms with Crippen molar-refractivity contribution in [2.45, 2.75) is 24.2 Å². The van der Waals surface area contributed by atoms with Gasteiger partial charge in [-0.1, -0.05) is 54.6 Å². The van der Waals surface area contributed by atoms with Gasteiger partial charge in [-0.25, -0.2) is 0 Å². The second kappa shape index (κ2) is 6.22. The summed E-state index contributed by atoms with van der Waals surface area (Å²) in [7, 11) is 4.00. The number of nitrogens with zero attached hydrogens (tertiary/aromatic N) is 1. The van der Waals surface area contributed by atoms with Crippen molar-refractivity contribution in [3.05, 3.63) is 95.6 Å². The molecule has 134 valence electrons. The molecule has 26 heavy (non-hydrogen) atoms. The summed E-state index contributed by atoms with van der Waals surface area (Å²) in [5, 5.41) is 11.4. The molecule has 4 nitrogen and oxygen atoms in total. The summed E-state index contributed by atoms with van der Waals surface area (Å²) < 4.78 is 12.0. The highest BCUT2D eigenvalue weighted by molar-refractivity contribution is 5.46. The Morgan fingerprint density at radius 3 is 2.12 bits per heavy atom. The largest absolute Gasteiger partial charge is 0.449 e. The maximum absolute atomic E-state index is 11.4. The fraction of sp³-hybridized carbons (Fsp3) is 0.273. The minimum Gasteiger partial charge on any atom is -0.449 e. The van der Waals surface area contributed by atoms with E-state index in [2.05, 4.69) is 4.90 Å². The zero-order valence-electron chi connectivity index (χ0n) is 15.1. The van der Waals surface area contributed by atoms with Gasteiger partial charge in [-0.15, -0.1) is 0 Å². The number of hydrogen-bond acceptors (Lipinski definition) is 4. The van der Waals surface area contributed by atoms with E-state index in [1.54, 1.807) is 12.5 Å². The Kier molecular flexibility index (Phi) is 4.00. The van der Waals surface area contributed by atoms with Gasteiger partial charge in [0.15, 0.2) is 0 Å². The van der Waals surface area contributed by atoms with Crippen LogP contribution in [-0.4, -0.2) is 24.1 Å². The van der Waals surface area contributed by atoms with Gasteiger partial charge in [-0.2, -0.15) is 0 Å². The van der Waals surface area contributed by atoms with Gasteiger partial charge in [-0.05, 0) is 24.5 Å². The second-order valence-corrected chi connectivity index (χ2v) is 6.99. The molecule has 0 fully saturated rings. The van der Waals surface area contributed by atoms with Crippen molar-refractivity contribution < 1.29 is 14.6 Å². The summed E-state index contributed by atoms with van der Waals surface area (Å²) in [5.41, 5.74) is 2.59. The predicted molar refractivity (Wildman–Crippen MR) is 99.9 cm³/mol. The van der Waals surface area contributed by atoms with Gasteiger partial charge in [0, 0.05) is 30.9 Å². The number of benzene rings is 2. The molecule has 1 unspecified atom stereocenters.